The molecule has 0 aliphatic heterocycles. The Bertz CT molecular complexity index is 631. The highest BCUT2D eigenvalue weighted by Crippen LogP contribution is 2.21. The molecule has 2 N–H and O–H groups in total. The zero-order chi connectivity index (χ0) is 15.9. The number of urea groups is 1. The number of carbonyl (C=O) groups is 1. The number of benzene rings is 1. The number of aromatic nitrogens is 1. The van der Waals surface area contributed by atoms with Crippen molar-refractivity contribution in [2.45, 2.75) is 26.2 Å². The predicted octanol–water partition coefficient (Wildman–Crippen LogP) is 4.01. The minimum atomic E-state index is -2.55. The Morgan fingerprint density at radius 1 is 1.41 bits per heavy atom. The van der Waals surface area contributed by atoms with Gasteiger partial charge in [0.1, 0.15) is 0 Å². The first-order chi connectivity index (χ1) is 10.6. The van der Waals surface area contributed by atoms with Crippen LogP contribution in [0.3, 0.4) is 0 Å². The van der Waals surface area contributed by atoms with Crippen LogP contribution in [0.4, 0.5) is 19.3 Å². The molecule has 118 valence electrons. The first kappa shape index (κ1) is 16.4. The van der Waals surface area contributed by atoms with Crippen molar-refractivity contribution < 1.29 is 13.6 Å². The highest BCUT2D eigenvalue weighted by Gasteiger charge is 2.08. The van der Waals surface area contributed by atoms with Crippen molar-refractivity contribution in [3.8, 4) is 0 Å². The monoisotopic (exact) mass is 325 g/mol. The summed E-state index contributed by atoms with van der Waals surface area (Å²) in [5, 5.41) is 8.27. The van der Waals surface area contributed by atoms with Crippen LogP contribution in [0.1, 0.15) is 29.6 Å². The van der Waals surface area contributed by atoms with Gasteiger partial charge >= 0.3 is 6.03 Å². The Labute approximate surface area is 131 Å². The van der Waals surface area contributed by atoms with E-state index in [0.29, 0.717) is 18.7 Å². The molecule has 2 rings (SSSR count). The fraction of sp³-hybridized carbons (Fsp3) is 0.333. The van der Waals surface area contributed by atoms with Gasteiger partial charge in [-0.15, -0.1) is 11.3 Å². The topological polar surface area (TPSA) is 54.0 Å². The van der Waals surface area contributed by atoms with E-state index >= 15 is 0 Å². The minimum Gasteiger partial charge on any atom is -0.337 e. The van der Waals surface area contributed by atoms with Crippen molar-refractivity contribution in [3.05, 3.63) is 45.9 Å². The fourth-order valence-corrected chi connectivity index (χ4v) is 2.64. The Kier molecular flexibility index (Phi) is 5.83. The van der Waals surface area contributed by atoms with Gasteiger partial charge in [0, 0.05) is 29.6 Å². The fourth-order valence-electron chi connectivity index (χ4n) is 1.86. The van der Waals surface area contributed by atoms with Crippen LogP contribution in [0.25, 0.3) is 0 Å². The van der Waals surface area contributed by atoms with Gasteiger partial charge in [-0.2, -0.15) is 0 Å². The van der Waals surface area contributed by atoms with Crippen molar-refractivity contribution in [1.29, 1.82) is 0 Å². The number of amides is 2. The molecule has 4 nitrogen and oxygen atoms in total. The molecule has 1 heterocycles. The molecule has 1 aromatic heterocycles. The smallest absolute Gasteiger partial charge is 0.319 e. The van der Waals surface area contributed by atoms with Gasteiger partial charge in [0.05, 0.1) is 10.7 Å². The second-order valence-electron chi connectivity index (χ2n) is 4.64. The molecular weight excluding hydrogens is 308 g/mol. The van der Waals surface area contributed by atoms with Gasteiger partial charge in [-0.3, -0.25) is 0 Å². The third kappa shape index (κ3) is 4.77. The number of thiazole rings is 1. The second-order valence-corrected chi connectivity index (χ2v) is 5.59. The molecule has 2 amide bonds. The first-order valence-electron chi connectivity index (χ1n) is 6.94. The van der Waals surface area contributed by atoms with Gasteiger partial charge in [0.25, 0.3) is 6.43 Å². The first-order valence-corrected chi connectivity index (χ1v) is 7.82. The summed E-state index contributed by atoms with van der Waals surface area (Å²) < 4.78 is 25.1. The van der Waals surface area contributed by atoms with E-state index in [-0.39, 0.29) is 5.56 Å². The summed E-state index contributed by atoms with van der Waals surface area (Å²) in [4.78, 5) is 16.1. The van der Waals surface area contributed by atoms with Crippen LogP contribution in [0.5, 0.6) is 0 Å². The van der Waals surface area contributed by atoms with Crippen molar-refractivity contribution >= 4 is 23.1 Å². The van der Waals surface area contributed by atoms with Crippen LogP contribution in [-0.2, 0) is 12.8 Å². The van der Waals surface area contributed by atoms with E-state index in [4.69, 9.17) is 0 Å². The maximum absolute atomic E-state index is 12.6. The Morgan fingerprint density at radius 3 is 2.91 bits per heavy atom. The number of nitrogens with one attached hydrogen (secondary N) is 2. The Hall–Kier alpha value is -2.02. The van der Waals surface area contributed by atoms with E-state index in [1.165, 1.54) is 18.2 Å². The van der Waals surface area contributed by atoms with E-state index in [2.05, 4.69) is 15.6 Å². The molecule has 1 aromatic carbocycles. The average molecular weight is 325 g/mol. The quantitative estimate of drug-likeness (QED) is 0.843. The van der Waals surface area contributed by atoms with E-state index in [0.717, 1.165) is 17.1 Å². The number of aryl methyl sites for hydroxylation is 1. The summed E-state index contributed by atoms with van der Waals surface area (Å²) in [5.41, 5.74) is 1.17. The van der Waals surface area contributed by atoms with E-state index in [1.807, 2.05) is 12.3 Å². The van der Waals surface area contributed by atoms with E-state index in [9.17, 15) is 13.6 Å². The van der Waals surface area contributed by atoms with Crippen molar-refractivity contribution in [3.63, 3.8) is 0 Å². The number of anilines is 1. The number of alkyl halides is 2. The lowest BCUT2D eigenvalue weighted by atomic mass is 10.2. The number of nitrogens with zero attached hydrogens (tertiary/aromatic N) is 1. The molecule has 0 saturated carbocycles. The highest BCUT2D eigenvalue weighted by molar-refractivity contribution is 7.09. The maximum atomic E-state index is 12.6. The maximum Gasteiger partial charge on any atom is 0.319 e. The zero-order valence-electron chi connectivity index (χ0n) is 12.1. The minimum absolute atomic E-state index is 0.118. The summed E-state index contributed by atoms with van der Waals surface area (Å²) in [7, 11) is 0. The lowest BCUT2D eigenvalue weighted by Crippen LogP contribution is -2.30. The molecule has 0 saturated heterocycles. The van der Waals surface area contributed by atoms with E-state index in [1.54, 1.807) is 17.4 Å². The van der Waals surface area contributed by atoms with Gasteiger partial charge in [0.2, 0.25) is 0 Å². The molecule has 7 heteroatoms. The van der Waals surface area contributed by atoms with Gasteiger partial charge < -0.3 is 10.6 Å². The molecule has 0 fully saturated rings. The highest BCUT2D eigenvalue weighted by atomic mass is 32.1. The third-order valence-corrected chi connectivity index (χ3v) is 4.01. The van der Waals surface area contributed by atoms with E-state index < -0.39 is 12.5 Å². The Balaban J connectivity index is 1.79. The Morgan fingerprint density at radius 2 is 2.23 bits per heavy atom. The van der Waals surface area contributed by atoms with Gasteiger partial charge in [0.15, 0.2) is 0 Å². The molecule has 0 unspecified atom stereocenters. The lowest BCUT2D eigenvalue weighted by Gasteiger charge is -2.08. The normalized spacial score (nSPS) is 10.7. The van der Waals surface area contributed by atoms with Crippen LogP contribution in [-0.4, -0.2) is 17.6 Å². The molecule has 0 bridgehead atoms. The van der Waals surface area contributed by atoms with Crippen LogP contribution >= 0.6 is 11.3 Å². The summed E-state index contributed by atoms with van der Waals surface area (Å²) in [6, 6.07) is 5.22. The summed E-state index contributed by atoms with van der Waals surface area (Å²) >= 11 is 1.60. The molecular formula is C15H17F2N3OS. The van der Waals surface area contributed by atoms with Gasteiger partial charge in [-0.1, -0.05) is 19.1 Å². The van der Waals surface area contributed by atoms with Crippen molar-refractivity contribution in [1.82, 2.24) is 10.3 Å². The van der Waals surface area contributed by atoms with Crippen LogP contribution in [0, 0.1) is 0 Å². The third-order valence-electron chi connectivity index (χ3n) is 2.96. The standard InChI is InChI=1S/C15H17F2N3OS/c1-2-13-19-12(9-22-13)6-7-18-15(21)20-11-5-3-4-10(8-11)14(16)17/h3-5,8-9,14H,2,6-7H2,1H3,(H2,18,20,21). The number of halogens is 2. The average Bonchev–Trinajstić information content (AvgIpc) is 2.95. The molecule has 0 radical (unpaired) electrons. The molecule has 0 aliphatic rings. The van der Waals surface area contributed by atoms with Crippen LogP contribution in [0.15, 0.2) is 29.6 Å². The van der Waals surface area contributed by atoms with Crippen molar-refractivity contribution in [2.75, 3.05) is 11.9 Å². The molecule has 0 atom stereocenters. The second kappa shape index (κ2) is 7.84. The number of hydrogen-bond donors (Lipinski definition) is 2. The largest absolute Gasteiger partial charge is 0.337 e. The molecule has 0 aliphatic carbocycles. The zero-order valence-corrected chi connectivity index (χ0v) is 12.9. The van der Waals surface area contributed by atoms with Gasteiger partial charge in [-0.05, 0) is 18.6 Å². The summed E-state index contributed by atoms with van der Waals surface area (Å²) in [6.07, 6.45) is -1.01. The van der Waals surface area contributed by atoms with Crippen molar-refractivity contribution in [2.24, 2.45) is 0 Å². The number of rotatable bonds is 6. The summed E-state index contributed by atoms with van der Waals surface area (Å²) in [5.74, 6) is 0. The lowest BCUT2D eigenvalue weighted by molar-refractivity contribution is 0.151. The number of carbonyl (C=O) groups excluding carboxylic acids is 1. The van der Waals surface area contributed by atoms with Crippen LogP contribution in [0.2, 0.25) is 0 Å². The van der Waals surface area contributed by atoms with Gasteiger partial charge in [-0.25, -0.2) is 18.6 Å². The molecule has 2 aromatic rings. The SMILES string of the molecule is CCc1nc(CCNC(=O)Nc2cccc(C(F)F)c2)cs1. The molecule has 0 spiro atoms. The summed E-state index contributed by atoms with van der Waals surface area (Å²) in [6.45, 7) is 2.48. The van der Waals surface area contributed by atoms with Crippen LogP contribution < -0.4 is 10.6 Å². The number of hydrogen-bond acceptors (Lipinski definition) is 3. The molecule has 22 heavy (non-hydrogen) atoms. The predicted molar refractivity (Wildman–Crippen MR) is 83.6 cm³/mol.